The van der Waals surface area contributed by atoms with Crippen molar-refractivity contribution in [3.63, 3.8) is 0 Å². The molecular formula is C20H30N2O2. The summed E-state index contributed by atoms with van der Waals surface area (Å²) in [6.45, 7) is 1.95. The Kier molecular flexibility index (Phi) is 6.13. The van der Waals surface area contributed by atoms with Gasteiger partial charge < -0.3 is 10.1 Å². The fraction of sp³-hybridized carbons (Fsp3) is 0.650. The summed E-state index contributed by atoms with van der Waals surface area (Å²) in [5.41, 5.74) is 1.33. The second-order valence-corrected chi connectivity index (χ2v) is 7.12. The van der Waals surface area contributed by atoms with E-state index in [2.05, 4.69) is 22.3 Å². The van der Waals surface area contributed by atoms with Gasteiger partial charge in [-0.3, -0.25) is 9.69 Å². The molecule has 1 aromatic carbocycles. The first-order valence-corrected chi connectivity index (χ1v) is 9.43. The Bertz CT molecular complexity index is 523. The first-order valence-electron chi connectivity index (χ1n) is 9.43. The average molecular weight is 330 g/mol. The van der Waals surface area contributed by atoms with Crippen LogP contribution < -0.4 is 10.1 Å². The molecule has 0 radical (unpaired) electrons. The van der Waals surface area contributed by atoms with E-state index in [4.69, 9.17) is 4.74 Å². The van der Waals surface area contributed by atoms with E-state index in [1.165, 1.54) is 37.7 Å². The molecule has 0 spiro atoms. The number of benzene rings is 1. The van der Waals surface area contributed by atoms with Crippen LogP contribution in [-0.2, 0) is 4.79 Å². The number of hydrogen-bond donors (Lipinski definition) is 1. The van der Waals surface area contributed by atoms with Gasteiger partial charge in [0.15, 0.2) is 0 Å². The van der Waals surface area contributed by atoms with Crippen molar-refractivity contribution in [3.8, 4) is 5.75 Å². The number of rotatable bonds is 6. The van der Waals surface area contributed by atoms with Gasteiger partial charge in [0.1, 0.15) is 5.75 Å². The van der Waals surface area contributed by atoms with Gasteiger partial charge in [-0.05, 0) is 49.9 Å². The maximum Gasteiger partial charge on any atom is 0.221 e. The van der Waals surface area contributed by atoms with E-state index < -0.39 is 0 Å². The lowest BCUT2D eigenvalue weighted by molar-refractivity contribution is -0.122. The van der Waals surface area contributed by atoms with Crippen LogP contribution >= 0.6 is 0 Å². The molecule has 1 saturated carbocycles. The van der Waals surface area contributed by atoms with Crippen LogP contribution in [0.1, 0.15) is 63.0 Å². The third-order valence-corrected chi connectivity index (χ3v) is 5.46. The Balaban J connectivity index is 1.49. The Morgan fingerprint density at radius 2 is 1.88 bits per heavy atom. The molecule has 2 aliphatic rings. The monoisotopic (exact) mass is 330 g/mol. The third kappa shape index (κ3) is 4.50. The number of hydrogen-bond acceptors (Lipinski definition) is 3. The maximum atomic E-state index is 12.2. The first-order chi connectivity index (χ1) is 11.8. The zero-order valence-corrected chi connectivity index (χ0v) is 14.8. The summed E-state index contributed by atoms with van der Waals surface area (Å²) in [5, 5.41) is 3.23. The second kappa shape index (κ2) is 8.52. The molecular weight excluding hydrogens is 300 g/mol. The van der Waals surface area contributed by atoms with E-state index >= 15 is 0 Å². The van der Waals surface area contributed by atoms with Gasteiger partial charge in [-0.2, -0.15) is 0 Å². The SMILES string of the molecule is COc1ccc([C@H]2CCCN2CCC(=O)NC2CCCCC2)cc1. The van der Waals surface area contributed by atoms with Crippen LogP contribution in [0.3, 0.4) is 0 Å². The molecule has 1 aliphatic carbocycles. The standard InChI is InChI=1S/C20H30N2O2/c1-24-18-11-9-16(10-12-18)19-8-5-14-22(19)15-13-20(23)21-17-6-3-2-4-7-17/h9-12,17,19H,2-8,13-15H2,1H3,(H,21,23)/t19-/m1/s1. The highest BCUT2D eigenvalue weighted by Gasteiger charge is 2.26. The summed E-state index contributed by atoms with van der Waals surface area (Å²) in [7, 11) is 1.70. The molecule has 1 heterocycles. The number of methoxy groups -OCH3 is 1. The molecule has 0 unspecified atom stereocenters. The largest absolute Gasteiger partial charge is 0.497 e. The molecule has 3 rings (SSSR count). The molecule has 1 amide bonds. The Hall–Kier alpha value is -1.55. The number of nitrogens with zero attached hydrogens (tertiary/aromatic N) is 1. The van der Waals surface area contributed by atoms with Crippen molar-refractivity contribution in [3.05, 3.63) is 29.8 Å². The van der Waals surface area contributed by atoms with Gasteiger partial charge in [-0.1, -0.05) is 31.4 Å². The zero-order valence-electron chi connectivity index (χ0n) is 14.8. The lowest BCUT2D eigenvalue weighted by Gasteiger charge is -2.26. The van der Waals surface area contributed by atoms with Crippen molar-refractivity contribution in [2.45, 2.75) is 63.5 Å². The van der Waals surface area contributed by atoms with E-state index in [0.29, 0.717) is 18.5 Å². The lowest BCUT2D eigenvalue weighted by Crippen LogP contribution is -2.38. The van der Waals surface area contributed by atoms with Gasteiger partial charge in [0.2, 0.25) is 5.91 Å². The average Bonchev–Trinajstić information content (AvgIpc) is 3.09. The minimum absolute atomic E-state index is 0.224. The van der Waals surface area contributed by atoms with Crippen LogP contribution in [0.2, 0.25) is 0 Å². The minimum Gasteiger partial charge on any atom is -0.497 e. The maximum absolute atomic E-state index is 12.2. The van der Waals surface area contributed by atoms with E-state index in [1.54, 1.807) is 7.11 Å². The topological polar surface area (TPSA) is 41.6 Å². The molecule has 4 heteroatoms. The van der Waals surface area contributed by atoms with Crippen molar-refractivity contribution in [1.29, 1.82) is 0 Å². The van der Waals surface area contributed by atoms with Gasteiger partial charge in [0.05, 0.1) is 7.11 Å². The van der Waals surface area contributed by atoms with Crippen molar-refractivity contribution >= 4 is 5.91 Å². The van der Waals surface area contributed by atoms with Gasteiger partial charge in [0, 0.05) is 25.0 Å². The van der Waals surface area contributed by atoms with Crippen molar-refractivity contribution in [1.82, 2.24) is 10.2 Å². The summed E-state index contributed by atoms with van der Waals surface area (Å²) in [6, 6.07) is 9.23. The number of likely N-dealkylation sites (tertiary alicyclic amines) is 1. The molecule has 1 saturated heterocycles. The highest BCUT2D eigenvalue weighted by Crippen LogP contribution is 2.32. The predicted molar refractivity (Wildman–Crippen MR) is 96.2 cm³/mol. The van der Waals surface area contributed by atoms with Gasteiger partial charge in [-0.25, -0.2) is 0 Å². The van der Waals surface area contributed by atoms with Crippen LogP contribution in [0.15, 0.2) is 24.3 Å². The van der Waals surface area contributed by atoms with E-state index in [9.17, 15) is 4.79 Å². The fourth-order valence-corrected chi connectivity index (χ4v) is 4.09. The predicted octanol–water partition coefficient (Wildman–Crippen LogP) is 3.67. The molecule has 24 heavy (non-hydrogen) atoms. The van der Waals surface area contributed by atoms with Crippen LogP contribution in [0, 0.1) is 0 Å². The first kappa shape index (κ1) is 17.3. The summed E-state index contributed by atoms with van der Waals surface area (Å²) in [6.07, 6.45) is 9.16. The minimum atomic E-state index is 0.224. The Morgan fingerprint density at radius 1 is 1.12 bits per heavy atom. The number of nitrogens with one attached hydrogen (secondary N) is 1. The highest BCUT2D eigenvalue weighted by atomic mass is 16.5. The van der Waals surface area contributed by atoms with E-state index in [-0.39, 0.29) is 5.91 Å². The molecule has 4 nitrogen and oxygen atoms in total. The van der Waals surface area contributed by atoms with Gasteiger partial charge in [-0.15, -0.1) is 0 Å². The Labute approximate surface area is 145 Å². The highest BCUT2D eigenvalue weighted by molar-refractivity contribution is 5.76. The van der Waals surface area contributed by atoms with Crippen molar-refractivity contribution in [2.75, 3.05) is 20.2 Å². The molecule has 0 aromatic heterocycles. The smallest absolute Gasteiger partial charge is 0.221 e. The molecule has 132 valence electrons. The number of carbonyl (C=O) groups is 1. The number of ether oxygens (including phenoxy) is 1. The van der Waals surface area contributed by atoms with Crippen LogP contribution in [0.25, 0.3) is 0 Å². The van der Waals surface area contributed by atoms with Crippen LogP contribution in [0.5, 0.6) is 5.75 Å². The molecule has 2 fully saturated rings. The van der Waals surface area contributed by atoms with E-state index in [1.807, 2.05) is 12.1 Å². The number of carbonyl (C=O) groups excluding carboxylic acids is 1. The molecule has 1 N–H and O–H groups in total. The lowest BCUT2D eigenvalue weighted by atomic mass is 9.95. The van der Waals surface area contributed by atoms with Gasteiger partial charge in [0.25, 0.3) is 0 Å². The van der Waals surface area contributed by atoms with Crippen molar-refractivity contribution < 1.29 is 9.53 Å². The second-order valence-electron chi connectivity index (χ2n) is 7.12. The van der Waals surface area contributed by atoms with Crippen molar-refractivity contribution in [2.24, 2.45) is 0 Å². The summed E-state index contributed by atoms with van der Waals surface area (Å²) in [5.74, 6) is 1.12. The number of amides is 1. The molecule has 1 atom stereocenters. The summed E-state index contributed by atoms with van der Waals surface area (Å²) >= 11 is 0. The zero-order chi connectivity index (χ0) is 16.8. The van der Waals surface area contributed by atoms with Gasteiger partial charge >= 0.3 is 0 Å². The molecule has 1 aromatic rings. The molecule has 1 aliphatic heterocycles. The quantitative estimate of drug-likeness (QED) is 0.865. The Morgan fingerprint density at radius 3 is 2.58 bits per heavy atom. The third-order valence-electron chi connectivity index (χ3n) is 5.46. The normalized spacial score (nSPS) is 22.5. The fourth-order valence-electron chi connectivity index (χ4n) is 4.09. The summed E-state index contributed by atoms with van der Waals surface area (Å²) in [4.78, 5) is 14.7. The van der Waals surface area contributed by atoms with Crippen LogP contribution in [-0.4, -0.2) is 37.0 Å². The summed E-state index contributed by atoms with van der Waals surface area (Å²) < 4.78 is 5.24. The molecule has 0 bridgehead atoms. The van der Waals surface area contributed by atoms with Crippen LogP contribution in [0.4, 0.5) is 0 Å². The van der Waals surface area contributed by atoms with E-state index in [0.717, 1.165) is 31.7 Å².